The van der Waals surface area contributed by atoms with Crippen molar-refractivity contribution in [2.24, 2.45) is 0 Å². The van der Waals surface area contributed by atoms with E-state index >= 15 is 0 Å². The molecule has 1 aromatic heterocycles. The molecule has 0 saturated heterocycles. The number of carbonyl (C=O) groups excluding carboxylic acids is 2. The molecule has 3 aromatic rings. The molecule has 0 radical (unpaired) electrons. The molecule has 2 aromatic carbocycles. The van der Waals surface area contributed by atoms with E-state index in [0.29, 0.717) is 22.2 Å². The van der Waals surface area contributed by atoms with Crippen molar-refractivity contribution in [3.05, 3.63) is 58.7 Å². The molecule has 0 fully saturated rings. The number of aromatic hydroxyl groups is 1. The molecule has 0 spiro atoms. The van der Waals surface area contributed by atoms with Gasteiger partial charge in [0.25, 0.3) is 0 Å². The third kappa shape index (κ3) is 4.96. The molecular formula is C23H23F3N2O4S. The molecule has 0 aliphatic rings. The second-order valence-electron chi connectivity index (χ2n) is 7.71. The number of rotatable bonds is 6. The lowest BCUT2D eigenvalue weighted by Crippen LogP contribution is -2.29. The molecule has 33 heavy (non-hydrogen) atoms. The Hall–Kier alpha value is -3.11. The van der Waals surface area contributed by atoms with E-state index in [4.69, 9.17) is 4.74 Å². The van der Waals surface area contributed by atoms with E-state index in [-0.39, 0.29) is 21.9 Å². The van der Waals surface area contributed by atoms with Gasteiger partial charge < -0.3 is 14.7 Å². The SMILES string of the molecule is COC(=O)c1c(N(Cc2ccccc2C(F)(F)F)C(C)=O)sc2c(CN(C)C)c(O)ccc12. The lowest BCUT2D eigenvalue weighted by atomic mass is 10.1. The van der Waals surface area contributed by atoms with Crippen molar-refractivity contribution < 1.29 is 32.6 Å². The van der Waals surface area contributed by atoms with Crippen LogP contribution in [0.1, 0.15) is 34.0 Å². The summed E-state index contributed by atoms with van der Waals surface area (Å²) in [4.78, 5) is 28.3. The number of alkyl halides is 3. The Bertz CT molecular complexity index is 1200. The summed E-state index contributed by atoms with van der Waals surface area (Å²) in [5.41, 5.74) is -0.358. The molecule has 3 rings (SSSR count). The largest absolute Gasteiger partial charge is 0.508 e. The molecule has 176 valence electrons. The summed E-state index contributed by atoms with van der Waals surface area (Å²) >= 11 is 1.06. The van der Waals surface area contributed by atoms with E-state index in [1.165, 1.54) is 44.4 Å². The predicted molar refractivity (Wildman–Crippen MR) is 121 cm³/mol. The molecule has 0 unspecified atom stereocenters. The van der Waals surface area contributed by atoms with Gasteiger partial charge >= 0.3 is 12.1 Å². The number of benzene rings is 2. The van der Waals surface area contributed by atoms with Crippen LogP contribution in [0.4, 0.5) is 18.2 Å². The van der Waals surface area contributed by atoms with Gasteiger partial charge in [-0.2, -0.15) is 13.2 Å². The number of carbonyl (C=O) groups is 2. The van der Waals surface area contributed by atoms with Crippen molar-refractivity contribution in [3.8, 4) is 5.75 Å². The third-order valence-corrected chi connectivity index (χ3v) is 6.35. The van der Waals surface area contributed by atoms with Crippen molar-refractivity contribution in [1.82, 2.24) is 4.90 Å². The summed E-state index contributed by atoms with van der Waals surface area (Å²) in [5, 5.41) is 11.0. The van der Waals surface area contributed by atoms with Crippen LogP contribution < -0.4 is 4.90 Å². The summed E-state index contributed by atoms with van der Waals surface area (Å²) in [6, 6.07) is 7.97. The molecule has 0 aliphatic heterocycles. The number of esters is 1. The second-order valence-corrected chi connectivity index (χ2v) is 8.71. The zero-order valence-corrected chi connectivity index (χ0v) is 19.3. The highest BCUT2D eigenvalue weighted by Gasteiger charge is 2.35. The highest BCUT2D eigenvalue weighted by Crippen LogP contribution is 2.44. The summed E-state index contributed by atoms with van der Waals surface area (Å²) in [7, 11) is 4.81. The molecule has 1 N–H and O–H groups in total. The quantitative estimate of drug-likeness (QED) is 0.502. The first kappa shape index (κ1) is 24.5. The number of nitrogens with zero attached hydrogens (tertiary/aromatic N) is 2. The van der Waals surface area contributed by atoms with Crippen LogP contribution in [-0.4, -0.2) is 43.1 Å². The fraction of sp³-hybridized carbons (Fsp3) is 0.304. The number of methoxy groups -OCH3 is 1. The lowest BCUT2D eigenvalue weighted by molar-refractivity contribution is -0.138. The Balaban J connectivity index is 2.25. The number of hydrogen-bond acceptors (Lipinski definition) is 6. The summed E-state index contributed by atoms with van der Waals surface area (Å²) in [5.74, 6) is -1.26. The van der Waals surface area contributed by atoms with Gasteiger partial charge in [-0.25, -0.2) is 4.79 Å². The van der Waals surface area contributed by atoms with Crippen molar-refractivity contribution in [2.45, 2.75) is 26.2 Å². The van der Waals surface area contributed by atoms with E-state index in [0.717, 1.165) is 22.3 Å². The van der Waals surface area contributed by atoms with Crippen LogP contribution in [-0.2, 0) is 28.8 Å². The molecular weight excluding hydrogens is 457 g/mol. The number of fused-ring (bicyclic) bond motifs is 1. The van der Waals surface area contributed by atoms with Crippen molar-refractivity contribution in [3.63, 3.8) is 0 Å². The van der Waals surface area contributed by atoms with E-state index in [9.17, 15) is 27.9 Å². The monoisotopic (exact) mass is 480 g/mol. The average molecular weight is 481 g/mol. The Morgan fingerprint density at radius 2 is 1.76 bits per heavy atom. The number of anilines is 1. The summed E-state index contributed by atoms with van der Waals surface area (Å²) in [6.45, 7) is 1.18. The first-order valence-electron chi connectivity index (χ1n) is 9.89. The normalized spacial score (nSPS) is 11.8. The predicted octanol–water partition coefficient (Wildman–Crippen LogP) is 5.03. The van der Waals surface area contributed by atoms with Gasteiger partial charge in [0.1, 0.15) is 16.3 Å². The Morgan fingerprint density at radius 3 is 2.33 bits per heavy atom. The molecule has 10 heteroatoms. The zero-order valence-electron chi connectivity index (χ0n) is 18.5. The number of thiophene rings is 1. The van der Waals surface area contributed by atoms with E-state index in [1.807, 2.05) is 19.0 Å². The van der Waals surface area contributed by atoms with Gasteiger partial charge in [0.2, 0.25) is 5.91 Å². The average Bonchev–Trinajstić information content (AvgIpc) is 3.12. The number of hydrogen-bond donors (Lipinski definition) is 1. The molecule has 1 heterocycles. The highest BCUT2D eigenvalue weighted by atomic mass is 32.1. The smallest absolute Gasteiger partial charge is 0.416 e. The van der Waals surface area contributed by atoms with Gasteiger partial charge in [-0.15, -0.1) is 11.3 Å². The Kier molecular flexibility index (Phi) is 6.99. The van der Waals surface area contributed by atoms with Gasteiger partial charge in [0, 0.05) is 29.1 Å². The zero-order chi connectivity index (χ0) is 24.5. The van der Waals surface area contributed by atoms with Gasteiger partial charge in [0.05, 0.1) is 19.2 Å². The van der Waals surface area contributed by atoms with Crippen molar-refractivity contribution in [2.75, 3.05) is 26.1 Å². The van der Waals surface area contributed by atoms with E-state index < -0.39 is 30.2 Å². The Morgan fingerprint density at radius 1 is 1.09 bits per heavy atom. The minimum atomic E-state index is -4.60. The van der Waals surface area contributed by atoms with Gasteiger partial charge in [0.15, 0.2) is 0 Å². The number of amides is 1. The van der Waals surface area contributed by atoms with Crippen molar-refractivity contribution >= 4 is 38.3 Å². The number of halogens is 3. The highest BCUT2D eigenvalue weighted by molar-refractivity contribution is 7.23. The van der Waals surface area contributed by atoms with Gasteiger partial charge in [-0.3, -0.25) is 9.69 Å². The lowest BCUT2D eigenvalue weighted by Gasteiger charge is -2.23. The van der Waals surface area contributed by atoms with Crippen LogP contribution >= 0.6 is 11.3 Å². The number of phenols is 1. The molecule has 1 amide bonds. The fourth-order valence-electron chi connectivity index (χ4n) is 3.58. The van der Waals surface area contributed by atoms with Crippen LogP contribution in [0.15, 0.2) is 36.4 Å². The second kappa shape index (κ2) is 9.40. The summed E-state index contributed by atoms with van der Waals surface area (Å²) < 4.78 is 46.1. The summed E-state index contributed by atoms with van der Waals surface area (Å²) in [6.07, 6.45) is -4.60. The van der Waals surface area contributed by atoms with Gasteiger partial charge in [-0.1, -0.05) is 18.2 Å². The standard InChI is InChI=1S/C23H23F3N2O4S/c1-13(29)28(11-14-7-5-6-8-17(14)23(24,25)26)21-19(22(31)32-4)15-9-10-18(30)16(12-27(2)3)20(15)33-21/h5-10,30H,11-12H2,1-4H3. The number of phenolic OH excluding ortho intramolecular Hbond substituents is 1. The maximum absolute atomic E-state index is 13.5. The van der Waals surface area contributed by atoms with Crippen LogP contribution in [0.2, 0.25) is 0 Å². The fourth-order valence-corrected chi connectivity index (χ4v) is 4.95. The molecule has 0 bridgehead atoms. The minimum Gasteiger partial charge on any atom is -0.508 e. The van der Waals surface area contributed by atoms with Crippen molar-refractivity contribution in [1.29, 1.82) is 0 Å². The molecule has 0 saturated carbocycles. The first-order valence-corrected chi connectivity index (χ1v) is 10.7. The van der Waals surface area contributed by atoms with Crippen LogP contribution in [0.25, 0.3) is 10.1 Å². The van der Waals surface area contributed by atoms with E-state index in [2.05, 4.69) is 0 Å². The van der Waals surface area contributed by atoms with Gasteiger partial charge in [-0.05, 0) is 37.9 Å². The number of ether oxygens (including phenoxy) is 1. The molecule has 0 atom stereocenters. The van der Waals surface area contributed by atoms with Crippen LogP contribution in [0, 0.1) is 0 Å². The first-order chi connectivity index (χ1) is 15.5. The Labute approximate surface area is 192 Å². The maximum atomic E-state index is 13.5. The van der Waals surface area contributed by atoms with Crippen LogP contribution in [0.5, 0.6) is 5.75 Å². The molecule has 0 aliphatic carbocycles. The van der Waals surface area contributed by atoms with E-state index in [1.54, 1.807) is 0 Å². The molecule has 6 nitrogen and oxygen atoms in total. The third-order valence-electron chi connectivity index (χ3n) is 5.06. The topological polar surface area (TPSA) is 70.1 Å². The minimum absolute atomic E-state index is 0.0113. The maximum Gasteiger partial charge on any atom is 0.416 e. The van der Waals surface area contributed by atoms with Crippen LogP contribution in [0.3, 0.4) is 0 Å².